The number of nitrogens with one attached hydrogen (secondary N) is 1. The van der Waals surface area contributed by atoms with Crippen molar-refractivity contribution in [3.8, 4) is 11.5 Å². The van der Waals surface area contributed by atoms with Crippen LogP contribution in [0.1, 0.15) is 24.1 Å². The van der Waals surface area contributed by atoms with Crippen LogP contribution < -0.4 is 14.8 Å². The Labute approximate surface area is 127 Å². The topological polar surface area (TPSA) is 30.5 Å². The van der Waals surface area contributed by atoms with E-state index in [1.165, 1.54) is 11.1 Å². The van der Waals surface area contributed by atoms with Crippen molar-refractivity contribution in [3.63, 3.8) is 0 Å². The average molecular weight is 334 g/mol. The van der Waals surface area contributed by atoms with Crippen LogP contribution in [0.4, 0.5) is 0 Å². The molecule has 0 saturated heterocycles. The lowest BCUT2D eigenvalue weighted by molar-refractivity contribution is 0.174. The summed E-state index contributed by atoms with van der Waals surface area (Å²) in [5, 5.41) is 3.52. The first kappa shape index (κ1) is 13.5. The molecule has 2 aromatic rings. The zero-order valence-electron chi connectivity index (χ0n) is 11.2. The predicted octanol–water partition coefficient (Wildman–Crippen LogP) is 4.03. The Morgan fingerprint density at radius 3 is 2.85 bits per heavy atom. The maximum Gasteiger partial charge on any atom is 0.231 e. The summed E-state index contributed by atoms with van der Waals surface area (Å²) in [6.45, 7) is 3.28. The highest BCUT2D eigenvalue weighted by atomic mass is 79.9. The Bertz CT molecular complexity index is 615. The molecular formula is C16H16BrNO2. The molecule has 2 aromatic carbocycles. The maximum absolute atomic E-state index is 5.39. The van der Waals surface area contributed by atoms with Crippen molar-refractivity contribution >= 4 is 15.9 Å². The predicted molar refractivity (Wildman–Crippen MR) is 82.0 cm³/mol. The van der Waals surface area contributed by atoms with Crippen LogP contribution in [0.2, 0.25) is 0 Å². The quantitative estimate of drug-likeness (QED) is 0.916. The molecule has 0 amide bonds. The fourth-order valence-electron chi connectivity index (χ4n) is 2.22. The molecule has 0 saturated carbocycles. The van der Waals surface area contributed by atoms with Gasteiger partial charge in [0.1, 0.15) is 0 Å². The third-order valence-electron chi connectivity index (χ3n) is 3.40. The van der Waals surface area contributed by atoms with E-state index in [2.05, 4.69) is 52.4 Å². The molecule has 3 rings (SSSR count). The molecule has 3 nitrogen and oxygen atoms in total. The Balaban J connectivity index is 1.64. The van der Waals surface area contributed by atoms with E-state index in [0.29, 0.717) is 6.79 Å². The lowest BCUT2D eigenvalue weighted by atomic mass is 10.1. The van der Waals surface area contributed by atoms with Gasteiger partial charge in [-0.05, 0) is 42.3 Å². The summed E-state index contributed by atoms with van der Waals surface area (Å²) in [4.78, 5) is 0. The first-order valence-electron chi connectivity index (χ1n) is 6.60. The Kier molecular flexibility index (Phi) is 3.94. The summed E-state index contributed by atoms with van der Waals surface area (Å²) >= 11 is 3.50. The zero-order chi connectivity index (χ0) is 13.9. The van der Waals surface area contributed by atoms with Crippen molar-refractivity contribution in [1.82, 2.24) is 5.32 Å². The molecule has 1 unspecified atom stereocenters. The summed E-state index contributed by atoms with van der Waals surface area (Å²) in [6.07, 6.45) is 0. The molecule has 0 radical (unpaired) electrons. The number of hydrogen-bond acceptors (Lipinski definition) is 3. The van der Waals surface area contributed by atoms with Crippen molar-refractivity contribution in [2.75, 3.05) is 6.79 Å². The van der Waals surface area contributed by atoms with Gasteiger partial charge < -0.3 is 14.8 Å². The maximum atomic E-state index is 5.39. The fourth-order valence-corrected chi connectivity index (χ4v) is 2.63. The van der Waals surface area contributed by atoms with Gasteiger partial charge in [-0.1, -0.05) is 34.1 Å². The molecule has 104 valence electrons. The molecular weight excluding hydrogens is 318 g/mol. The molecule has 0 fully saturated rings. The number of hydrogen-bond donors (Lipinski definition) is 1. The van der Waals surface area contributed by atoms with Gasteiger partial charge in [0.15, 0.2) is 11.5 Å². The van der Waals surface area contributed by atoms with Gasteiger partial charge in [0.2, 0.25) is 6.79 Å². The molecule has 1 heterocycles. The highest BCUT2D eigenvalue weighted by Gasteiger charge is 2.13. The van der Waals surface area contributed by atoms with Gasteiger partial charge in [0, 0.05) is 17.1 Å². The van der Waals surface area contributed by atoms with Crippen LogP contribution in [0, 0.1) is 0 Å². The number of fused-ring (bicyclic) bond motifs is 1. The molecule has 1 aliphatic heterocycles. The van der Waals surface area contributed by atoms with E-state index in [1.807, 2.05) is 18.2 Å². The third-order valence-corrected chi connectivity index (χ3v) is 3.89. The van der Waals surface area contributed by atoms with E-state index < -0.39 is 0 Å². The average Bonchev–Trinajstić information content (AvgIpc) is 2.92. The van der Waals surface area contributed by atoms with E-state index in [-0.39, 0.29) is 6.04 Å². The van der Waals surface area contributed by atoms with Crippen molar-refractivity contribution in [2.24, 2.45) is 0 Å². The highest BCUT2D eigenvalue weighted by Crippen LogP contribution is 2.32. The second-order valence-corrected chi connectivity index (χ2v) is 5.76. The van der Waals surface area contributed by atoms with Gasteiger partial charge in [-0.3, -0.25) is 0 Å². The van der Waals surface area contributed by atoms with Crippen LogP contribution in [0.25, 0.3) is 0 Å². The molecule has 0 aliphatic carbocycles. The minimum atomic E-state index is 0.290. The fraction of sp³-hybridized carbons (Fsp3) is 0.250. The summed E-state index contributed by atoms with van der Waals surface area (Å²) in [7, 11) is 0. The zero-order valence-corrected chi connectivity index (χ0v) is 12.8. The first-order chi connectivity index (χ1) is 9.72. The molecule has 4 heteroatoms. The second-order valence-electron chi connectivity index (χ2n) is 4.85. The van der Waals surface area contributed by atoms with Gasteiger partial charge in [-0.15, -0.1) is 0 Å². The lowest BCUT2D eigenvalue weighted by Crippen LogP contribution is -2.18. The Hall–Kier alpha value is -1.52. The summed E-state index contributed by atoms with van der Waals surface area (Å²) in [5.41, 5.74) is 2.45. The van der Waals surface area contributed by atoms with Gasteiger partial charge in [-0.2, -0.15) is 0 Å². The third kappa shape index (κ3) is 2.97. The molecule has 1 atom stereocenters. The van der Waals surface area contributed by atoms with Crippen molar-refractivity contribution < 1.29 is 9.47 Å². The first-order valence-corrected chi connectivity index (χ1v) is 7.39. The number of benzene rings is 2. The monoisotopic (exact) mass is 333 g/mol. The van der Waals surface area contributed by atoms with Crippen molar-refractivity contribution in [3.05, 3.63) is 58.1 Å². The number of rotatable bonds is 4. The minimum Gasteiger partial charge on any atom is -0.454 e. The lowest BCUT2D eigenvalue weighted by Gasteiger charge is -2.15. The van der Waals surface area contributed by atoms with E-state index in [1.54, 1.807) is 0 Å². The highest BCUT2D eigenvalue weighted by molar-refractivity contribution is 9.10. The van der Waals surface area contributed by atoms with E-state index in [0.717, 1.165) is 22.5 Å². The van der Waals surface area contributed by atoms with Gasteiger partial charge in [0.25, 0.3) is 0 Å². The normalized spacial score (nSPS) is 14.3. The molecule has 1 aliphatic rings. The van der Waals surface area contributed by atoms with Crippen molar-refractivity contribution in [2.45, 2.75) is 19.5 Å². The molecule has 0 spiro atoms. The molecule has 20 heavy (non-hydrogen) atoms. The molecule has 1 N–H and O–H groups in total. The Morgan fingerprint density at radius 1 is 1.15 bits per heavy atom. The largest absolute Gasteiger partial charge is 0.454 e. The minimum absolute atomic E-state index is 0.290. The number of ether oxygens (including phenoxy) is 2. The number of halogens is 1. The van der Waals surface area contributed by atoms with Crippen LogP contribution >= 0.6 is 15.9 Å². The van der Waals surface area contributed by atoms with Crippen LogP contribution in [0.5, 0.6) is 11.5 Å². The van der Waals surface area contributed by atoms with E-state index in [9.17, 15) is 0 Å². The van der Waals surface area contributed by atoms with Gasteiger partial charge >= 0.3 is 0 Å². The van der Waals surface area contributed by atoms with Crippen LogP contribution in [0.15, 0.2) is 46.9 Å². The van der Waals surface area contributed by atoms with Gasteiger partial charge in [0.05, 0.1) is 0 Å². The molecule has 0 bridgehead atoms. The Morgan fingerprint density at radius 2 is 2.00 bits per heavy atom. The standard InChI is InChI=1S/C16H16BrNO2/c1-11(13-3-2-4-14(17)8-13)18-9-12-5-6-15-16(7-12)20-10-19-15/h2-8,11,18H,9-10H2,1H3. The van der Waals surface area contributed by atoms with Crippen LogP contribution in [-0.2, 0) is 6.54 Å². The molecule has 0 aromatic heterocycles. The van der Waals surface area contributed by atoms with E-state index >= 15 is 0 Å². The van der Waals surface area contributed by atoms with Gasteiger partial charge in [-0.25, -0.2) is 0 Å². The summed E-state index contributed by atoms with van der Waals surface area (Å²) in [5.74, 6) is 1.66. The van der Waals surface area contributed by atoms with Crippen LogP contribution in [-0.4, -0.2) is 6.79 Å². The smallest absolute Gasteiger partial charge is 0.231 e. The van der Waals surface area contributed by atoms with Crippen LogP contribution in [0.3, 0.4) is 0 Å². The summed E-state index contributed by atoms with van der Waals surface area (Å²) in [6, 6.07) is 14.7. The summed E-state index contributed by atoms with van der Waals surface area (Å²) < 4.78 is 11.8. The van der Waals surface area contributed by atoms with Crippen molar-refractivity contribution in [1.29, 1.82) is 0 Å². The SMILES string of the molecule is CC(NCc1ccc2c(c1)OCO2)c1cccc(Br)c1. The van der Waals surface area contributed by atoms with E-state index in [4.69, 9.17) is 9.47 Å². The second kappa shape index (κ2) is 5.85.